The second kappa shape index (κ2) is 8.80. The molecule has 7 heteroatoms. The van der Waals surface area contributed by atoms with E-state index >= 15 is 0 Å². The number of thioether (sulfide) groups is 1. The van der Waals surface area contributed by atoms with Crippen LogP contribution in [0, 0.1) is 0 Å². The molecule has 1 aromatic heterocycles. The largest absolute Gasteiger partial charge is 0.351 e. The van der Waals surface area contributed by atoms with Gasteiger partial charge in [0.05, 0.1) is 16.2 Å². The summed E-state index contributed by atoms with van der Waals surface area (Å²) < 4.78 is 1.63. The Balaban J connectivity index is 1.84. The lowest BCUT2D eigenvalue weighted by Gasteiger charge is -2.18. The van der Waals surface area contributed by atoms with Crippen LogP contribution >= 0.6 is 23.4 Å². The summed E-state index contributed by atoms with van der Waals surface area (Å²) >= 11 is 7.33. The first kappa shape index (κ1) is 20.4. The topological polar surface area (TPSA) is 64.0 Å². The number of rotatable bonds is 6. The van der Waals surface area contributed by atoms with Gasteiger partial charge in [-0.2, -0.15) is 0 Å². The Hall–Kier alpha value is -2.31. The SMILES string of the molecule is CC(Sc1nc2cc(Cl)ccc2c(=O)n1C(C)C)C(=O)NCc1ccccc1. The quantitative estimate of drug-likeness (QED) is 0.478. The van der Waals surface area contributed by atoms with Crippen LogP contribution in [0.1, 0.15) is 32.4 Å². The monoisotopic (exact) mass is 415 g/mol. The van der Waals surface area contributed by atoms with E-state index in [1.165, 1.54) is 11.8 Å². The van der Waals surface area contributed by atoms with Gasteiger partial charge in [-0.15, -0.1) is 0 Å². The van der Waals surface area contributed by atoms with Crippen molar-refractivity contribution >= 4 is 40.2 Å². The molecule has 0 fully saturated rings. The highest BCUT2D eigenvalue weighted by Gasteiger charge is 2.20. The fraction of sp³-hybridized carbons (Fsp3) is 0.286. The molecule has 0 saturated heterocycles. The van der Waals surface area contributed by atoms with Crippen molar-refractivity contribution < 1.29 is 4.79 Å². The molecule has 0 saturated carbocycles. The summed E-state index contributed by atoms with van der Waals surface area (Å²) in [6, 6.07) is 14.7. The number of hydrogen-bond acceptors (Lipinski definition) is 4. The van der Waals surface area contributed by atoms with E-state index in [4.69, 9.17) is 11.6 Å². The van der Waals surface area contributed by atoms with Crippen LogP contribution in [0.15, 0.2) is 58.5 Å². The Morgan fingerprint density at radius 1 is 1.18 bits per heavy atom. The molecule has 1 amide bonds. The summed E-state index contributed by atoms with van der Waals surface area (Å²) in [5.41, 5.74) is 1.44. The predicted octanol–water partition coefficient (Wildman–Crippen LogP) is 4.43. The molecule has 0 aliphatic rings. The van der Waals surface area contributed by atoms with Crippen LogP contribution < -0.4 is 10.9 Å². The van der Waals surface area contributed by atoms with E-state index < -0.39 is 5.25 Å². The van der Waals surface area contributed by atoms with E-state index in [0.29, 0.717) is 27.6 Å². The van der Waals surface area contributed by atoms with Gasteiger partial charge in [-0.25, -0.2) is 4.98 Å². The first-order chi connectivity index (χ1) is 13.4. The third-order valence-electron chi connectivity index (χ3n) is 4.31. The van der Waals surface area contributed by atoms with E-state index in [1.54, 1.807) is 22.8 Å². The number of halogens is 1. The number of fused-ring (bicyclic) bond motifs is 1. The van der Waals surface area contributed by atoms with Crippen molar-refractivity contribution in [1.82, 2.24) is 14.9 Å². The van der Waals surface area contributed by atoms with Crippen LogP contribution in [-0.4, -0.2) is 20.7 Å². The molecule has 28 heavy (non-hydrogen) atoms. The third kappa shape index (κ3) is 4.56. The average Bonchev–Trinajstić information content (AvgIpc) is 2.66. The predicted molar refractivity (Wildman–Crippen MR) is 115 cm³/mol. The van der Waals surface area contributed by atoms with Crippen molar-refractivity contribution in [3.63, 3.8) is 0 Å². The zero-order valence-corrected chi connectivity index (χ0v) is 17.6. The van der Waals surface area contributed by atoms with Crippen molar-refractivity contribution in [2.45, 2.75) is 43.8 Å². The van der Waals surface area contributed by atoms with Gasteiger partial charge in [-0.1, -0.05) is 53.7 Å². The molecule has 3 rings (SSSR count). The maximum Gasteiger partial charge on any atom is 0.262 e. The highest BCUT2D eigenvalue weighted by Crippen LogP contribution is 2.26. The Labute approximate surface area is 173 Å². The summed E-state index contributed by atoms with van der Waals surface area (Å²) in [5.74, 6) is -0.107. The molecule has 5 nitrogen and oxygen atoms in total. The molecule has 1 atom stereocenters. The summed E-state index contributed by atoms with van der Waals surface area (Å²) in [6.45, 7) is 6.12. The number of carbonyl (C=O) groups excluding carboxylic acids is 1. The Morgan fingerprint density at radius 2 is 1.89 bits per heavy atom. The molecule has 3 aromatic rings. The summed E-state index contributed by atoms with van der Waals surface area (Å²) in [4.78, 5) is 30.1. The summed E-state index contributed by atoms with van der Waals surface area (Å²) in [6.07, 6.45) is 0. The lowest BCUT2D eigenvalue weighted by atomic mass is 10.2. The first-order valence-corrected chi connectivity index (χ1v) is 10.3. The van der Waals surface area contributed by atoms with Crippen LogP contribution in [0.2, 0.25) is 5.02 Å². The van der Waals surface area contributed by atoms with Crippen LogP contribution in [-0.2, 0) is 11.3 Å². The molecule has 1 heterocycles. The van der Waals surface area contributed by atoms with Crippen LogP contribution in [0.25, 0.3) is 10.9 Å². The van der Waals surface area contributed by atoms with E-state index in [-0.39, 0.29) is 17.5 Å². The normalized spacial score (nSPS) is 12.3. The first-order valence-electron chi connectivity index (χ1n) is 9.07. The molecule has 0 bridgehead atoms. The van der Waals surface area contributed by atoms with Gasteiger partial charge < -0.3 is 5.32 Å². The standard InChI is InChI=1S/C21H22ClN3O2S/c1-13(2)25-20(27)17-10-9-16(22)11-18(17)24-21(25)28-14(3)19(26)23-12-15-7-5-4-6-8-15/h4-11,13-14H,12H2,1-3H3,(H,23,26). The van der Waals surface area contributed by atoms with Gasteiger partial charge in [0.25, 0.3) is 5.56 Å². The number of carbonyl (C=O) groups is 1. The molecule has 1 unspecified atom stereocenters. The van der Waals surface area contributed by atoms with Crippen LogP contribution in [0.5, 0.6) is 0 Å². The maximum absolute atomic E-state index is 12.9. The number of aromatic nitrogens is 2. The average molecular weight is 416 g/mol. The van der Waals surface area contributed by atoms with Gasteiger partial charge in [-0.05, 0) is 44.5 Å². The molecule has 0 spiro atoms. The smallest absolute Gasteiger partial charge is 0.262 e. The second-order valence-corrected chi connectivity index (χ2v) is 8.53. The summed E-state index contributed by atoms with van der Waals surface area (Å²) in [7, 11) is 0. The molecule has 0 aliphatic heterocycles. The highest BCUT2D eigenvalue weighted by molar-refractivity contribution is 8.00. The van der Waals surface area contributed by atoms with Crippen molar-refractivity contribution in [2.24, 2.45) is 0 Å². The number of nitrogens with zero attached hydrogens (tertiary/aromatic N) is 2. The van der Waals surface area contributed by atoms with E-state index in [9.17, 15) is 9.59 Å². The van der Waals surface area contributed by atoms with Gasteiger partial charge in [0.2, 0.25) is 5.91 Å². The molecule has 0 radical (unpaired) electrons. The van der Waals surface area contributed by atoms with Crippen molar-refractivity contribution in [2.75, 3.05) is 0 Å². The molecular formula is C21H22ClN3O2S. The van der Waals surface area contributed by atoms with E-state index in [0.717, 1.165) is 5.56 Å². The molecule has 146 valence electrons. The van der Waals surface area contributed by atoms with Gasteiger partial charge in [0.15, 0.2) is 5.16 Å². The molecule has 0 aliphatic carbocycles. The lowest BCUT2D eigenvalue weighted by molar-refractivity contribution is -0.120. The fourth-order valence-corrected chi connectivity index (χ4v) is 4.06. The van der Waals surface area contributed by atoms with Gasteiger partial charge in [0.1, 0.15) is 0 Å². The van der Waals surface area contributed by atoms with Crippen molar-refractivity contribution in [1.29, 1.82) is 0 Å². The van der Waals surface area contributed by atoms with Crippen LogP contribution in [0.3, 0.4) is 0 Å². The van der Waals surface area contributed by atoms with Gasteiger partial charge >= 0.3 is 0 Å². The Kier molecular flexibility index (Phi) is 6.42. The lowest BCUT2D eigenvalue weighted by Crippen LogP contribution is -2.32. The molecular weight excluding hydrogens is 394 g/mol. The molecule has 2 aromatic carbocycles. The van der Waals surface area contributed by atoms with E-state index in [1.807, 2.05) is 51.1 Å². The minimum Gasteiger partial charge on any atom is -0.351 e. The zero-order valence-electron chi connectivity index (χ0n) is 16.0. The van der Waals surface area contributed by atoms with Gasteiger partial charge in [0, 0.05) is 17.6 Å². The summed E-state index contributed by atoms with van der Waals surface area (Å²) in [5, 5.41) is 4.08. The van der Waals surface area contributed by atoms with Gasteiger partial charge in [-0.3, -0.25) is 14.2 Å². The number of hydrogen-bond donors (Lipinski definition) is 1. The number of benzene rings is 2. The van der Waals surface area contributed by atoms with E-state index in [2.05, 4.69) is 10.3 Å². The van der Waals surface area contributed by atoms with Crippen molar-refractivity contribution in [3.8, 4) is 0 Å². The Bertz CT molecular complexity index is 1050. The highest BCUT2D eigenvalue weighted by atomic mass is 35.5. The second-order valence-electron chi connectivity index (χ2n) is 6.79. The maximum atomic E-state index is 12.9. The zero-order chi connectivity index (χ0) is 20.3. The number of amides is 1. The Morgan fingerprint density at radius 3 is 2.57 bits per heavy atom. The minimum atomic E-state index is -0.405. The minimum absolute atomic E-state index is 0.0813. The molecule has 1 N–H and O–H groups in total. The number of nitrogens with one attached hydrogen (secondary N) is 1. The van der Waals surface area contributed by atoms with Crippen molar-refractivity contribution in [3.05, 3.63) is 69.5 Å². The fourth-order valence-electron chi connectivity index (χ4n) is 2.83. The third-order valence-corrected chi connectivity index (χ3v) is 5.61. The van der Waals surface area contributed by atoms with Crippen LogP contribution in [0.4, 0.5) is 0 Å².